The molecule has 1 aliphatic heterocycles. The molecule has 1 amide bonds. The highest BCUT2D eigenvalue weighted by Crippen LogP contribution is 2.24. The van der Waals surface area contributed by atoms with Crippen LogP contribution in [-0.2, 0) is 0 Å². The maximum Gasteiger partial charge on any atom is 0.255 e. The van der Waals surface area contributed by atoms with Gasteiger partial charge in [0.1, 0.15) is 0 Å². The normalized spacial score (nSPS) is 16.0. The van der Waals surface area contributed by atoms with Crippen LogP contribution in [0.5, 0.6) is 0 Å². The summed E-state index contributed by atoms with van der Waals surface area (Å²) in [7, 11) is 1.99. The highest BCUT2D eigenvalue weighted by atomic mass is 16.2. The van der Waals surface area contributed by atoms with Gasteiger partial charge in [0.25, 0.3) is 5.91 Å². The number of fused-ring (bicyclic) bond motifs is 1. The highest BCUT2D eigenvalue weighted by molar-refractivity contribution is 6.00. The topological polar surface area (TPSA) is 45.2 Å². The van der Waals surface area contributed by atoms with Crippen molar-refractivity contribution in [3.8, 4) is 0 Å². The molecule has 0 saturated carbocycles. The minimum atomic E-state index is 0.132. The molecule has 1 aromatic carbocycles. The highest BCUT2D eigenvalue weighted by Gasteiger charge is 2.24. The van der Waals surface area contributed by atoms with E-state index in [4.69, 9.17) is 0 Å². The van der Waals surface area contributed by atoms with Crippen LogP contribution in [0.4, 0.5) is 0 Å². The van der Waals surface area contributed by atoms with Gasteiger partial charge < -0.3 is 10.2 Å². The number of rotatable bonds is 4. The van der Waals surface area contributed by atoms with E-state index in [1.807, 2.05) is 43.1 Å². The number of benzene rings is 1. The predicted octanol–water partition coefficient (Wildman–Crippen LogP) is 3.00. The minimum Gasteiger partial charge on any atom is -0.339 e. The summed E-state index contributed by atoms with van der Waals surface area (Å²) in [5.74, 6) is 0.871. The number of pyridine rings is 1. The molecule has 1 aliphatic rings. The number of carbonyl (C=O) groups is 1. The monoisotopic (exact) mass is 311 g/mol. The Morgan fingerprint density at radius 2 is 2.04 bits per heavy atom. The number of likely N-dealkylation sites (tertiary alicyclic amines) is 1. The first-order valence-electron chi connectivity index (χ1n) is 8.49. The first kappa shape index (κ1) is 15.9. The number of hydrogen-bond acceptors (Lipinski definition) is 3. The summed E-state index contributed by atoms with van der Waals surface area (Å²) in [5.41, 5.74) is 2.74. The van der Waals surface area contributed by atoms with Gasteiger partial charge in [-0.3, -0.25) is 9.78 Å². The van der Waals surface area contributed by atoms with Crippen LogP contribution < -0.4 is 5.32 Å². The zero-order chi connectivity index (χ0) is 16.2. The van der Waals surface area contributed by atoms with E-state index in [1.54, 1.807) is 6.20 Å². The molecule has 1 saturated heterocycles. The molecule has 0 unspecified atom stereocenters. The van der Waals surface area contributed by atoms with E-state index in [-0.39, 0.29) is 5.91 Å². The Hall–Kier alpha value is -1.94. The zero-order valence-corrected chi connectivity index (χ0v) is 14.0. The molecule has 0 radical (unpaired) electrons. The third-order valence-corrected chi connectivity index (χ3v) is 4.98. The Bertz CT molecular complexity index is 690. The Labute approximate surface area is 137 Å². The van der Waals surface area contributed by atoms with Crippen LogP contribution in [0, 0.1) is 12.8 Å². The van der Waals surface area contributed by atoms with Crippen LogP contribution in [0.1, 0.15) is 35.2 Å². The smallest absolute Gasteiger partial charge is 0.255 e. The Morgan fingerprint density at radius 1 is 1.30 bits per heavy atom. The lowest BCUT2D eigenvalue weighted by Crippen LogP contribution is -2.39. The second-order valence-electron chi connectivity index (χ2n) is 6.44. The number of nitrogens with one attached hydrogen (secondary N) is 1. The zero-order valence-electron chi connectivity index (χ0n) is 14.0. The van der Waals surface area contributed by atoms with Crippen LogP contribution in [0.3, 0.4) is 0 Å². The Balaban J connectivity index is 1.73. The van der Waals surface area contributed by atoms with Gasteiger partial charge in [-0.1, -0.05) is 18.2 Å². The van der Waals surface area contributed by atoms with E-state index in [0.717, 1.165) is 60.4 Å². The van der Waals surface area contributed by atoms with Crippen LogP contribution in [0.2, 0.25) is 0 Å². The summed E-state index contributed by atoms with van der Waals surface area (Å²) in [6.45, 7) is 4.81. The van der Waals surface area contributed by atoms with Crippen LogP contribution >= 0.6 is 0 Å². The number of carbonyl (C=O) groups excluding carboxylic acids is 1. The number of para-hydroxylation sites is 1. The van der Waals surface area contributed by atoms with Gasteiger partial charge in [-0.05, 0) is 57.3 Å². The summed E-state index contributed by atoms with van der Waals surface area (Å²) in [4.78, 5) is 19.3. The molecule has 4 heteroatoms. The summed E-state index contributed by atoms with van der Waals surface area (Å²) >= 11 is 0. The predicted molar refractivity (Wildman–Crippen MR) is 93.7 cm³/mol. The molecule has 3 rings (SSSR count). The second kappa shape index (κ2) is 7.09. The van der Waals surface area contributed by atoms with E-state index in [9.17, 15) is 4.79 Å². The summed E-state index contributed by atoms with van der Waals surface area (Å²) in [6, 6.07) is 8.01. The van der Waals surface area contributed by atoms with Crippen molar-refractivity contribution in [2.45, 2.75) is 26.2 Å². The van der Waals surface area contributed by atoms with Gasteiger partial charge in [-0.2, -0.15) is 0 Å². The van der Waals surface area contributed by atoms with E-state index in [2.05, 4.69) is 10.3 Å². The Morgan fingerprint density at radius 3 is 2.78 bits per heavy atom. The van der Waals surface area contributed by atoms with Gasteiger partial charge in [0, 0.05) is 24.7 Å². The minimum absolute atomic E-state index is 0.132. The first-order valence-corrected chi connectivity index (χ1v) is 8.49. The maximum atomic E-state index is 12.9. The van der Waals surface area contributed by atoms with E-state index >= 15 is 0 Å². The summed E-state index contributed by atoms with van der Waals surface area (Å²) in [6.07, 6.45) is 5.16. The number of piperidine rings is 1. The molecule has 4 nitrogen and oxygen atoms in total. The fraction of sp³-hybridized carbons (Fsp3) is 0.474. The van der Waals surface area contributed by atoms with Gasteiger partial charge in [-0.15, -0.1) is 0 Å². The molecule has 23 heavy (non-hydrogen) atoms. The van der Waals surface area contributed by atoms with E-state index < -0.39 is 0 Å². The number of aryl methyl sites for hydroxylation is 1. The van der Waals surface area contributed by atoms with Crippen molar-refractivity contribution < 1.29 is 4.79 Å². The molecule has 0 atom stereocenters. The molecular weight excluding hydrogens is 286 g/mol. The SMILES string of the molecule is CNCCC1CCN(C(=O)c2cnc3ccccc3c2C)CC1. The van der Waals surface area contributed by atoms with Crippen molar-refractivity contribution in [1.82, 2.24) is 15.2 Å². The lowest BCUT2D eigenvalue weighted by molar-refractivity contribution is 0.0686. The lowest BCUT2D eigenvalue weighted by atomic mass is 9.93. The van der Waals surface area contributed by atoms with E-state index in [0.29, 0.717) is 0 Å². The molecule has 1 fully saturated rings. The first-order chi connectivity index (χ1) is 11.2. The molecule has 0 aliphatic carbocycles. The molecule has 0 spiro atoms. The molecular formula is C19H25N3O. The van der Waals surface area contributed by atoms with Crippen molar-refractivity contribution in [3.05, 3.63) is 41.6 Å². The van der Waals surface area contributed by atoms with E-state index in [1.165, 1.54) is 6.42 Å². The molecule has 0 bridgehead atoms. The van der Waals surface area contributed by atoms with Gasteiger partial charge in [0.05, 0.1) is 11.1 Å². The average Bonchev–Trinajstić information content (AvgIpc) is 2.60. The van der Waals surface area contributed by atoms with Gasteiger partial charge in [0.2, 0.25) is 0 Å². The standard InChI is InChI=1S/C19H25N3O/c1-14-16-5-3-4-6-18(16)21-13-17(14)19(23)22-11-8-15(9-12-22)7-10-20-2/h3-6,13,15,20H,7-12H2,1-2H3. The molecule has 2 heterocycles. The number of nitrogens with zero attached hydrogens (tertiary/aromatic N) is 2. The van der Waals surface area contributed by atoms with Crippen molar-refractivity contribution in [2.24, 2.45) is 5.92 Å². The fourth-order valence-corrected chi connectivity index (χ4v) is 3.44. The quantitative estimate of drug-likeness (QED) is 0.944. The number of aromatic nitrogens is 1. The molecule has 1 aromatic heterocycles. The van der Waals surface area contributed by atoms with Gasteiger partial charge in [-0.25, -0.2) is 0 Å². The fourth-order valence-electron chi connectivity index (χ4n) is 3.44. The van der Waals surface area contributed by atoms with Crippen molar-refractivity contribution in [1.29, 1.82) is 0 Å². The van der Waals surface area contributed by atoms with Crippen molar-refractivity contribution in [3.63, 3.8) is 0 Å². The average molecular weight is 311 g/mol. The van der Waals surface area contributed by atoms with Gasteiger partial charge >= 0.3 is 0 Å². The Kier molecular flexibility index (Phi) is 4.91. The largest absolute Gasteiger partial charge is 0.339 e. The molecule has 122 valence electrons. The maximum absolute atomic E-state index is 12.9. The van der Waals surface area contributed by atoms with Crippen molar-refractivity contribution in [2.75, 3.05) is 26.7 Å². The van der Waals surface area contributed by atoms with Crippen molar-refractivity contribution >= 4 is 16.8 Å². The van der Waals surface area contributed by atoms with Crippen LogP contribution in [0.15, 0.2) is 30.5 Å². The van der Waals surface area contributed by atoms with Crippen LogP contribution in [-0.4, -0.2) is 42.5 Å². The third-order valence-electron chi connectivity index (χ3n) is 4.98. The number of hydrogen-bond donors (Lipinski definition) is 1. The second-order valence-corrected chi connectivity index (χ2v) is 6.44. The van der Waals surface area contributed by atoms with Gasteiger partial charge in [0.15, 0.2) is 0 Å². The lowest BCUT2D eigenvalue weighted by Gasteiger charge is -2.32. The van der Waals surface area contributed by atoms with Crippen LogP contribution in [0.25, 0.3) is 10.9 Å². The third kappa shape index (κ3) is 3.37. The molecule has 2 aromatic rings. The molecule has 1 N–H and O–H groups in total. The summed E-state index contributed by atoms with van der Waals surface area (Å²) in [5, 5.41) is 4.28. The number of amides is 1. The summed E-state index contributed by atoms with van der Waals surface area (Å²) < 4.78 is 0.